The van der Waals surface area contributed by atoms with E-state index in [4.69, 9.17) is 5.73 Å². The summed E-state index contributed by atoms with van der Waals surface area (Å²) in [5.41, 5.74) is 8.34. The van der Waals surface area contributed by atoms with Gasteiger partial charge in [-0.15, -0.1) is 0 Å². The van der Waals surface area contributed by atoms with E-state index in [1.807, 2.05) is 18.2 Å². The van der Waals surface area contributed by atoms with Crippen molar-refractivity contribution >= 4 is 11.6 Å². The topological polar surface area (TPSA) is 55.5 Å². The number of carbonyl (C=O) groups excluding carboxylic acids is 1. The Morgan fingerprint density at radius 1 is 1.43 bits per heavy atom. The average molecular weight is 188 g/mol. The number of aliphatic imine (C=N–C) groups is 1. The predicted octanol–water partition coefficient (Wildman–Crippen LogP) is 0.907. The maximum absolute atomic E-state index is 10.8. The summed E-state index contributed by atoms with van der Waals surface area (Å²) in [4.78, 5) is 15.1. The average Bonchev–Trinajstić information content (AvgIpc) is 2.18. The van der Waals surface area contributed by atoms with E-state index in [2.05, 4.69) is 11.1 Å². The van der Waals surface area contributed by atoms with Gasteiger partial charge in [0.15, 0.2) is 0 Å². The lowest BCUT2D eigenvalue weighted by atomic mass is 9.96. The zero-order chi connectivity index (χ0) is 9.97. The summed E-state index contributed by atoms with van der Waals surface area (Å²) in [5.74, 6) is -0.319. The zero-order valence-corrected chi connectivity index (χ0v) is 7.86. The number of nitrogens with zero attached hydrogens (tertiary/aromatic N) is 1. The summed E-state index contributed by atoms with van der Waals surface area (Å²) in [5, 5.41) is 0. The number of benzene rings is 1. The van der Waals surface area contributed by atoms with Crippen molar-refractivity contribution in [2.75, 3.05) is 6.54 Å². The minimum Gasteiger partial charge on any atom is -0.369 e. The second kappa shape index (κ2) is 3.62. The van der Waals surface area contributed by atoms with Crippen molar-refractivity contribution in [1.29, 1.82) is 0 Å². The number of fused-ring (bicyclic) bond motifs is 1. The van der Waals surface area contributed by atoms with Crippen molar-refractivity contribution in [2.45, 2.75) is 12.8 Å². The van der Waals surface area contributed by atoms with Gasteiger partial charge in [0.2, 0.25) is 5.91 Å². The van der Waals surface area contributed by atoms with E-state index in [1.54, 1.807) is 0 Å². The summed E-state index contributed by atoms with van der Waals surface area (Å²) in [6, 6.07) is 8.04. The highest BCUT2D eigenvalue weighted by molar-refractivity contribution is 6.11. The normalized spacial score (nSPS) is 14.4. The fourth-order valence-corrected chi connectivity index (χ4v) is 1.73. The molecule has 1 heterocycles. The number of hydrogen-bond acceptors (Lipinski definition) is 2. The van der Waals surface area contributed by atoms with E-state index >= 15 is 0 Å². The van der Waals surface area contributed by atoms with Crippen molar-refractivity contribution in [3.8, 4) is 0 Å². The van der Waals surface area contributed by atoms with Crippen LogP contribution in [0.5, 0.6) is 0 Å². The standard InChI is InChI=1S/C11H12N2O/c12-11(14)7-10-9-4-2-1-3-8(9)5-6-13-10/h1-4H,5-7H2,(H2,12,14). The van der Waals surface area contributed by atoms with Gasteiger partial charge in [-0.1, -0.05) is 24.3 Å². The molecule has 0 unspecified atom stereocenters. The van der Waals surface area contributed by atoms with E-state index in [9.17, 15) is 4.79 Å². The van der Waals surface area contributed by atoms with Gasteiger partial charge < -0.3 is 5.73 Å². The van der Waals surface area contributed by atoms with E-state index < -0.39 is 0 Å². The fraction of sp³-hybridized carbons (Fsp3) is 0.273. The molecule has 14 heavy (non-hydrogen) atoms. The number of rotatable bonds is 2. The lowest BCUT2D eigenvalue weighted by Gasteiger charge is -2.15. The van der Waals surface area contributed by atoms with Crippen LogP contribution < -0.4 is 5.73 Å². The number of amides is 1. The highest BCUT2D eigenvalue weighted by Crippen LogP contribution is 2.16. The van der Waals surface area contributed by atoms with E-state index in [-0.39, 0.29) is 12.3 Å². The Kier molecular flexibility index (Phi) is 2.31. The summed E-state index contributed by atoms with van der Waals surface area (Å²) in [6.45, 7) is 0.764. The molecule has 0 fully saturated rings. The smallest absolute Gasteiger partial charge is 0.223 e. The van der Waals surface area contributed by atoms with Gasteiger partial charge in [0, 0.05) is 6.54 Å². The van der Waals surface area contributed by atoms with Gasteiger partial charge >= 0.3 is 0 Å². The maximum Gasteiger partial charge on any atom is 0.223 e. The van der Waals surface area contributed by atoms with Gasteiger partial charge in [-0.2, -0.15) is 0 Å². The number of nitrogens with two attached hydrogens (primary N) is 1. The van der Waals surface area contributed by atoms with Crippen LogP contribution in [-0.2, 0) is 11.2 Å². The van der Waals surface area contributed by atoms with E-state index in [0.717, 1.165) is 24.2 Å². The first-order valence-electron chi connectivity index (χ1n) is 4.67. The third-order valence-electron chi connectivity index (χ3n) is 2.35. The predicted molar refractivity (Wildman–Crippen MR) is 55.4 cm³/mol. The molecule has 1 amide bonds. The fourth-order valence-electron chi connectivity index (χ4n) is 1.73. The van der Waals surface area contributed by atoms with Crippen LogP contribution >= 0.6 is 0 Å². The highest BCUT2D eigenvalue weighted by Gasteiger charge is 2.14. The molecule has 2 rings (SSSR count). The molecule has 0 radical (unpaired) electrons. The first-order valence-corrected chi connectivity index (χ1v) is 4.67. The Morgan fingerprint density at radius 2 is 2.21 bits per heavy atom. The SMILES string of the molecule is NC(=O)CC1=NCCc2ccccc21. The Hall–Kier alpha value is -1.64. The molecule has 1 aliphatic heterocycles. The van der Waals surface area contributed by atoms with Crippen molar-refractivity contribution in [3.63, 3.8) is 0 Å². The van der Waals surface area contributed by atoms with Crippen molar-refractivity contribution in [3.05, 3.63) is 35.4 Å². The van der Waals surface area contributed by atoms with Gasteiger partial charge in [-0.05, 0) is 17.5 Å². The Morgan fingerprint density at radius 3 is 3.00 bits per heavy atom. The molecule has 0 aromatic heterocycles. The molecular weight excluding hydrogens is 176 g/mol. The highest BCUT2D eigenvalue weighted by atomic mass is 16.1. The molecule has 2 N–H and O–H groups in total. The minimum absolute atomic E-state index is 0.247. The lowest BCUT2D eigenvalue weighted by Crippen LogP contribution is -2.20. The maximum atomic E-state index is 10.8. The molecule has 0 saturated carbocycles. The third kappa shape index (κ3) is 1.66. The summed E-state index contributed by atoms with van der Waals surface area (Å²) >= 11 is 0. The molecule has 1 aliphatic rings. The van der Waals surface area contributed by atoms with Gasteiger partial charge in [0.25, 0.3) is 0 Å². The Labute approximate surface area is 82.6 Å². The second-order valence-corrected chi connectivity index (χ2v) is 3.38. The molecule has 0 aliphatic carbocycles. The van der Waals surface area contributed by atoms with Crippen molar-refractivity contribution in [1.82, 2.24) is 0 Å². The second-order valence-electron chi connectivity index (χ2n) is 3.38. The largest absolute Gasteiger partial charge is 0.369 e. The van der Waals surface area contributed by atoms with Crippen molar-refractivity contribution < 1.29 is 4.79 Å². The molecular formula is C11H12N2O. The third-order valence-corrected chi connectivity index (χ3v) is 2.35. The van der Waals surface area contributed by atoms with Crippen LogP contribution in [0.15, 0.2) is 29.3 Å². The van der Waals surface area contributed by atoms with E-state index in [1.165, 1.54) is 5.56 Å². The van der Waals surface area contributed by atoms with Crippen molar-refractivity contribution in [2.24, 2.45) is 10.7 Å². The Balaban J connectivity index is 2.35. The summed E-state index contributed by atoms with van der Waals surface area (Å²) in [7, 11) is 0. The molecule has 1 aromatic carbocycles. The van der Waals surface area contributed by atoms with Gasteiger partial charge in [0.1, 0.15) is 0 Å². The molecule has 0 atom stereocenters. The molecule has 1 aromatic rings. The van der Waals surface area contributed by atoms with Gasteiger partial charge in [-0.25, -0.2) is 0 Å². The number of hydrogen-bond donors (Lipinski definition) is 1. The first-order chi connectivity index (χ1) is 6.77. The van der Waals surface area contributed by atoms with Crippen LogP contribution in [0.25, 0.3) is 0 Å². The quantitative estimate of drug-likeness (QED) is 0.736. The minimum atomic E-state index is -0.319. The molecule has 0 bridgehead atoms. The molecule has 3 heteroatoms. The summed E-state index contributed by atoms with van der Waals surface area (Å²) in [6.07, 6.45) is 1.20. The van der Waals surface area contributed by atoms with E-state index in [0.29, 0.717) is 0 Å². The number of primary amides is 1. The molecule has 72 valence electrons. The van der Waals surface area contributed by atoms with Crippen LogP contribution in [0.4, 0.5) is 0 Å². The molecule has 0 saturated heterocycles. The molecule has 0 spiro atoms. The zero-order valence-electron chi connectivity index (χ0n) is 7.86. The van der Waals surface area contributed by atoms with Gasteiger partial charge in [-0.3, -0.25) is 9.79 Å². The van der Waals surface area contributed by atoms with Crippen LogP contribution in [0.3, 0.4) is 0 Å². The Bertz CT molecular complexity index is 396. The lowest BCUT2D eigenvalue weighted by molar-refractivity contribution is -0.116. The van der Waals surface area contributed by atoms with Crippen LogP contribution in [0, 0.1) is 0 Å². The molecule has 3 nitrogen and oxygen atoms in total. The first kappa shape index (κ1) is 8.94. The van der Waals surface area contributed by atoms with Crippen LogP contribution in [0.1, 0.15) is 17.5 Å². The van der Waals surface area contributed by atoms with Gasteiger partial charge in [0.05, 0.1) is 12.1 Å². The van der Waals surface area contributed by atoms with Crippen LogP contribution in [0.2, 0.25) is 0 Å². The number of carbonyl (C=O) groups is 1. The monoisotopic (exact) mass is 188 g/mol. The van der Waals surface area contributed by atoms with Crippen LogP contribution in [-0.4, -0.2) is 18.2 Å². The summed E-state index contributed by atoms with van der Waals surface area (Å²) < 4.78 is 0.